The highest BCUT2D eigenvalue weighted by Gasteiger charge is 2.52. The highest BCUT2D eigenvalue weighted by molar-refractivity contribution is 6.30. The Bertz CT molecular complexity index is 1160. The van der Waals surface area contributed by atoms with Gasteiger partial charge in [-0.25, -0.2) is 0 Å². The summed E-state index contributed by atoms with van der Waals surface area (Å²) < 4.78 is 0. The number of aromatic amines is 1. The Kier molecular flexibility index (Phi) is 5.43. The number of nitrogens with one attached hydrogen (secondary N) is 1. The number of carbonyl (C=O) groups excluding carboxylic acids is 2. The molecule has 2 aromatic carbocycles. The molecule has 0 saturated carbocycles. The number of carbonyl (C=O) groups is 2. The number of fused-ring (bicyclic) bond motifs is 2. The highest BCUT2D eigenvalue weighted by atomic mass is 35.5. The molecule has 0 aliphatic carbocycles. The summed E-state index contributed by atoms with van der Waals surface area (Å²) in [5.74, 6) is -0.148. The van der Waals surface area contributed by atoms with Crippen LogP contribution in [0.4, 0.5) is 0 Å². The van der Waals surface area contributed by atoms with Gasteiger partial charge in [-0.2, -0.15) is 0 Å². The molecule has 0 radical (unpaired) electrons. The Labute approximate surface area is 192 Å². The predicted octanol–water partition coefficient (Wildman–Crippen LogP) is 3.48. The lowest BCUT2D eigenvalue weighted by Crippen LogP contribution is -2.50. The number of rotatable bonds is 5. The quantitative estimate of drug-likeness (QED) is 0.624. The predicted molar refractivity (Wildman–Crippen MR) is 125 cm³/mol. The van der Waals surface area contributed by atoms with E-state index in [1.54, 1.807) is 17.0 Å². The van der Waals surface area contributed by atoms with Crippen LogP contribution < -0.4 is 5.73 Å². The number of para-hydroxylation sites is 1. The van der Waals surface area contributed by atoms with Crippen LogP contribution in [0.25, 0.3) is 10.9 Å². The fraction of sp³-hybridized carbons (Fsp3) is 0.360. The van der Waals surface area contributed by atoms with Crippen molar-refractivity contribution in [3.05, 3.63) is 70.9 Å². The summed E-state index contributed by atoms with van der Waals surface area (Å²) in [4.78, 5) is 33.5. The minimum atomic E-state index is -0.695. The molecule has 3 N–H and O–H groups in total. The average Bonchev–Trinajstić information content (AvgIpc) is 3.45. The molecule has 3 aromatic rings. The molecule has 4 atom stereocenters. The number of halogens is 1. The van der Waals surface area contributed by atoms with Crippen molar-refractivity contribution >= 4 is 34.3 Å². The van der Waals surface area contributed by atoms with Crippen LogP contribution in [0.15, 0.2) is 54.7 Å². The largest absolute Gasteiger partial charge is 0.361 e. The lowest BCUT2D eigenvalue weighted by molar-refractivity contribution is -0.137. The smallest absolute Gasteiger partial charge is 0.247 e. The molecule has 2 fully saturated rings. The maximum Gasteiger partial charge on any atom is 0.247 e. The zero-order valence-electron chi connectivity index (χ0n) is 18.0. The van der Waals surface area contributed by atoms with Gasteiger partial charge in [0.15, 0.2) is 0 Å². The average molecular weight is 451 g/mol. The van der Waals surface area contributed by atoms with Gasteiger partial charge in [-0.1, -0.05) is 41.9 Å². The number of aromatic nitrogens is 1. The topological polar surface area (TPSA) is 82.4 Å². The van der Waals surface area contributed by atoms with E-state index in [2.05, 4.69) is 17.1 Å². The number of H-pyrrole nitrogens is 1. The number of nitrogens with two attached hydrogens (primary N) is 1. The van der Waals surface area contributed by atoms with E-state index in [0.29, 0.717) is 11.4 Å². The second-order valence-corrected chi connectivity index (χ2v) is 9.32. The summed E-state index contributed by atoms with van der Waals surface area (Å²) in [6, 6.07) is 14.5. The Morgan fingerprint density at radius 1 is 1.19 bits per heavy atom. The van der Waals surface area contributed by atoms with Crippen LogP contribution in [0.3, 0.4) is 0 Å². The molecule has 0 bridgehead atoms. The second kappa shape index (κ2) is 8.26. The van der Waals surface area contributed by atoms with Crippen molar-refractivity contribution in [1.82, 2.24) is 14.8 Å². The van der Waals surface area contributed by atoms with Gasteiger partial charge in [0.2, 0.25) is 11.8 Å². The van der Waals surface area contributed by atoms with Gasteiger partial charge in [0, 0.05) is 28.2 Å². The lowest BCUT2D eigenvalue weighted by Gasteiger charge is -2.29. The van der Waals surface area contributed by atoms with Gasteiger partial charge in [-0.3, -0.25) is 9.59 Å². The maximum absolute atomic E-state index is 13.3. The normalized spacial score (nSPS) is 23.7. The minimum Gasteiger partial charge on any atom is -0.361 e. The van der Waals surface area contributed by atoms with Gasteiger partial charge in [-0.15, -0.1) is 0 Å². The second-order valence-electron chi connectivity index (χ2n) is 8.88. The summed E-state index contributed by atoms with van der Waals surface area (Å²) in [6.45, 7) is 1.82. The molecule has 3 heterocycles. The zero-order chi connectivity index (χ0) is 22.4. The molecule has 1 aromatic heterocycles. The van der Waals surface area contributed by atoms with Gasteiger partial charge in [0.25, 0.3) is 0 Å². The van der Waals surface area contributed by atoms with Crippen molar-refractivity contribution in [2.24, 2.45) is 5.73 Å². The number of hydrogen-bond acceptors (Lipinski definition) is 3. The van der Waals surface area contributed by atoms with Crippen LogP contribution in [-0.2, 0) is 22.4 Å². The Morgan fingerprint density at radius 3 is 2.72 bits per heavy atom. The van der Waals surface area contributed by atoms with Crippen molar-refractivity contribution in [3.8, 4) is 0 Å². The fourth-order valence-electron chi connectivity index (χ4n) is 5.30. The summed E-state index contributed by atoms with van der Waals surface area (Å²) in [5, 5.41) is 1.84. The van der Waals surface area contributed by atoms with Gasteiger partial charge >= 0.3 is 0 Å². The third-order valence-corrected chi connectivity index (χ3v) is 7.15. The van der Waals surface area contributed by atoms with Gasteiger partial charge in [0.05, 0.1) is 6.04 Å². The third kappa shape index (κ3) is 3.57. The molecule has 2 aliphatic heterocycles. The molecule has 7 heteroatoms. The first-order chi connectivity index (χ1) is 15.4. The molecule has 2 aliphatic rings. The van der Waals surface area contributed by atoms with Gasteiger partial charge in [0.1, 0.15) is 12.2 Å². The molecule has 0 spiro atoms. The number of hydrogen-bond donors (Lipinski definition) is 2. The van der Waals surface area contributed by atoms with Crippen molar-refractivity contribution in [2.45, 2.75) is 56.9 Å². The van der Waals surface area contributed by atoms with Crippen molar-refractivity contribution in [1.29, 1.82) is 0 Å². The van der Waals surface area contributed by atoms with E-state index in [1.807, 2.05) is 42.3 Å². The molecule has 166 valence electrons. The van der Waals surface area contributed by atoms with E-state index in [9.17, 15) is 9.59 Å². The van der Waals surface area contributed by atoms with E-state index in [4.69, 9.17) is 17.3 Å². The number of nitrogens with zero attached hydrogens (tertiary/aromatic N) is 2. The van der Waals surface area contributed by atoms with Crippen LogP contribution >= 0.6 is 11.6 Å². The van der Waals surface area contributed by atoms with E-state index >= 15 is 0 Å². The van der Waals surface area contributed by atoms with E-state index in [1.165, 1.54) is 10.9 Å². The molecule has 5 rings (SSSR count). The molecule has 2 saturated heterocycles. The first-order valence-electron chi connectivity index (χ1n) is 11.1. The summed E-state index contributed by atoms with van der Waals surface area (Å²) in [6.07, 6.45) is 4.67. The van der Waals surface area contributed by atoms with E-state index in [0.717, 1.165) is 30.3 Å². The molecule has 2 amide bonds. The summed E-state index contributed by atoms with van der Waals surface area (Å²) in [7, 11) is 0. The summed E-state index contributed by atoms with van der Waals surface area (Å²) >= 11 is 5.96. The van der Waals surface area contributed by atoms with Crippen LogP contribution in [0, 0.1) is 0 Å². The van der Waals surface area contributed by atoms with E-state index < -0.39 is 12.1 Å². The van der Waals surface area contributed by atoms with Gasteiger partial charge < -0.3 is 20.5 Å². The standard InChI is InChI=1S/C25H27ClN4O2/c1-15-24(31)30-19(13-17-14-28-22-5-3-2-4-20(17)22)10-11-23(30)29(15)25(32)21(27)12-16-6-8-18(26)9-7-16/h2-9,14-15,19,21,23,28H,10-13,27H2,1H3/t15-,19+,21+,23?/m0/s1. The van der Waals surface area contributed by atoms with Crippen molar-refractivity contribution < 1.29 is 9.59 Å². The number of benzene rings is 2. The van der Waals surface area contributed by atoms with Crippen LogP contribution in [0.5, 0.6) is 0 Å². The van der Waals surface area contributed by atoms with Crippen LogP contribution in [0.1, 0.15) is 30.9 Å². The SMILES string of the molecule is C[C@H]1C(=O)N2C(CC[C@@H]2Cc2c[nH]c3ccccc23)N1C(=O)[C@H](N)Cc1ccc(Cl)cc1. The highest BCUT2D eigenvalue weighted by Crippen LogP contribution is 2.37. The van der Waals surface area contributed by atoms with Crippen molar-refractivity contribution in [3.63, 3.8) is 0 Å². The monoisotopic (exact) mass is 450 g/mol. The molecular formula is C25H27ClN4O2. The van der Waals surface area contributed by atoms with Crippen LogP contribution in [-0.4, -0.2) is 50.9 Å². The number of amides is 2. The maximum atomic E-state index is 13.3. The van der Waals surface area contributed by atoms with E-state index in [-0.39, 0.29) is 24.0 Å². The molecule has 6 nitrogen and oxygen atoms in total. The molecule has 32 heavy (non-hydrogen) atoms. The van der Waals surface area contributed by atoms with Crippen molar-refractivity contribution in [2.75, 3.05) is 0 Å². The third-order valence-electron chi connectivity index (χ3n) is 6.89. The Hall–Kier alpha value is -2.83. The fourth-order valence-corrected chi connectivity index (χ4v) is 5.43. The lowest BCUT2D eigenvalue weighted by atomic mass is 10.0. The Balaban J connectivity index is 1.32. The zero-order valence-corrected chi connectivity index (χ0v) is 18.8. The van der Waals surface area contributed by atoms with Crippen LogP contribution in [0.2, 0.25) is 5.02 Å². The molecular weight excluding hydrogens is 424 g/mol. The molecule has 1 unspecified atom stereocenters. The van der Waals surface area contributed by atoms with Gasteiger partial charge in [-0.05, 0) is 61.9 Å². The minimum absolute atomic E-state index is 0.0179. The first kappa shape index (κ1) is 21.0. The summed E-state index contributed by atoms with van der Waals surface area (Å²) in [5.41, 5.74) is 9.56. The first-order valence-corrected chi connectivity index (χ1v) is 11.5. The Morgan fingerprint density at radius 2 is 1.94 bits per heavy atom.